The topological polar surface area (TPSA) is 129 Å². The van der Waals surface area contributed by atoms with Gasteiger partial charge in [-0.2, -0.15) is 8.67 Å². The van der Waals surface area contributed by atoms with E-state index in [9.17, 15) is 14.7 Å². The summed E-state index contributed by atoms with van der Waals surface area (Å²) in [5.74, 6) is 0.124. The molecule has 0 aliphatic carbocycles. The van der Waals surface area contributed by atoms with Crippen molar-refractivity contribution in [2.75, 3.05) is 20.8 Å². The van der Waals surface area contributed by atoms with Crippen LogP contribution in [0.2, 0.25) is 0 Å². The molecule has 0 radical (unpaired) electrons. The van der Waals surface area contributed by atoms with Gasteiger partial charge in [-0.15, -0.1) is 0 Å². The van der Waals surface area contributed by atoms with E-state index in [-0.39, 0.29) is 11.5 Å². The molecule has 0 spiro atoms. The normalized spacial score (nSPS) is 10.8. The molecule has 0 saturated heterocycles. The predicted molar refractivity (Wildman–Crippen MR) is 264 cm³/mol. The summed E-state index contributed by atoms with van der Waals surface area (Å²) in [7, 11) is 2.92. The van der Waals surface area contributed by atoms with E-state index in [1.807, 2.05) is 164 Å². The first-order valence-corrected chi connectivity index (χ1v) is 23.0. The number of aromatic carboxylic acids is 1. The van der Waals surface area contributed by atoms with Crippen molar-refractivity contribution < 1.29 is 47.3 Å². The smallest absolute Gasteiger partial charge is 0.338 e. The molecule has 68 heavy (non-hydrogen) atoms. The van der Waals surface area contributed by atoms with Crippen molar-refractivity contribution in [1.82, 2.24) is 9.13 Å². The summed E-state index contributed by atoms with van der Waals surface area (Å²) in [5.41, 5.74) is 9.99. The van der Waals surface area contributed by atoms with Crippen molar-refractivity contribution in [2.45, 2.75) is 43.8 Å². The summed E-state index contributed by atoms with van der Waals surface area (Å²) < 4.78 is 31.9. The quantitative estimate of drug-likeness (QED) is 0.0358. The second-order valence-corrected chi connectivity index (χ2v) is 16.6. The Labute approximate surface area is 404 Å². The molecule has 12 nitrogen and oxygen atoms in total. The Bertz CT molecular complexity index is 2940. The number of benzene rings is 6. The van der Waals surface area contributed by atoms with Crippen molar-refractivity contribution in [2.24, 2.45) is 0 Å². The van der Waals surface area contributed by atoms with Crippen LogP contribution >= 0.6 is 24.1 Å². The molecule has 2 aromatic heterocycles. The van der Waals surface area contributed by atoms with Crippen LogP contribution in [0.1, 0.15) is 50.2 Å². The Morgan fingerprint density at radius 2 is 0.985 bits per heavy atom. The van der Waals surface area contributed by atoms with E-state index in [2.05, 4.69) is 4.57 Å². The summed E-state index contributed by atoms with van der Waals surface area (Å²) in [6, 6.07) is 54.0. The van der Waals surface area contributed by atoms with Crippen LogP contribution in [0.25, 0.3) is 33.9 Å². The molecule has 1 N–H and O–H groups in total. The summed E-state index contributed by atoms with van der Waals surface area (Å²) in [4.78, 5) is 35.1. The third-order valence-corrected chi connectivity index (χ3v) is 11.7. The Hall–Kier alpha value is -7.04. The molecule has 0 aliphatic heterocycles. The third-order valence-electron chi connectivity index (χ3n) is 10.4. The highest BCUT2D eigenvalue weighted by atomic mass is 32.2. The van der Waals surface area contributed by atoms with Crippen LogP contribution < -0.4 is 9.47 Å². The van der Waals surface area contributed by atoms with Crippen molar-refractivity contribution in [3.05, 3.63) is 203 Å². The maximum atomic E-state index is 12.3. The van der Waals surface area contributed by atoms with E-state index in [0.29, 0.717) is 31.1 Å². The fraction of sp³-hybridized carbons (Fsp3) is 0.148. The van der Waals surface area contributed by atoms with Gasteiger partial charge in [0.2, 0.25) is 0 Å². The predicted octanol–water partition coefficient (Wildman–Crippen LogP) is 13.1. The molecule has 0 aliphatic rings. The average Bonchev–Trinajstić information content (AvgIpc) is 3.96. The van der Waals surface area contributed by atoms with Gasteiger partial charge in [0.05, 0.1) is 67.4 Å². The number of nitrogens with zero attached hydrogens (tertiary/aromatic N) is 2. The molecular weight excluding hydrogens is 901 g/mol. The maximum absolute atomic E-state index is 12.3. The zero-order valence-corrected chi connectivity index (χ0v) is 39.8. The monoisotopic (exact) mass is 950 g/mol. The molecule has 0 bridgehead atoms. The van der Waals surface area contributed by atoms with Crippen molar-refractivity contribution in [3.63, 3.8) is 0 Å². The van der Waals surface area contributed by atoms with E-state index in [4.69, 9.17) is 32.7 Å². The number of carboxylic acids is 1. The standard InChI is InChI=1S/C28H27NO5S.C26H23NO5S/c1-4-32-28(30)22-11-8-12-23(17-22)29-20(2)13-15-26(29)25-18-24(35-34-31-3)14-16-27(25)33-19-21-9-6-5-7-10-21;1-18-11-13-24(27(18)21-10-6-9-20(15-21)26(28)29)23-16-22(33-32-30-2)12-14-25(23)31-17-19-7-4-3-5-8-19/h5-18H,4,19H2,1-3H3;3-16H,17H2,1-2H3,(H,28,29). The molecule has 2 heterocycles. The van der Waals surface area contributed by atoms with E-state index in [1.165, 1.54) is 14.2 Å². The second-order valence-electron chi connectivity index (χ2n) is 15.0. The average molecular weight is 951 g/mol. The Morgan fingerprint density at radius 3 is 1.43 bits per heavy atom. The van der Waals surface area contributed by atoms with E-state index >= 15 is 0 Å². The number of rotatable bonds is 19. The van der Waals surface area contributed by atoms with Crippen molar-refractivity contribution >= 4 is 36.0 Å². The Kier molecular flexibility index (Phi) is 17.3. The molecule has 6 aromatic carbocycles. The first kappa shape index (κ1) is 48.9. The fourth-order valence-electron chi connectivity index (χ4n) is 7.34. The fourth-order valence-corrected chi connectivity index (χ4v) is 8.21. The zero-order valence-electron chi connectivity index (χ0n) is 38.1. The van der Waals surface area contributed by atoms with Crippen LogP contribution in [-0.2, 0) is 36.4 Å². The number of esters is 1. The van der Waals surface area contributed by atoms with Gasteiger partial charge in [0.25, 0.3) is 0 Å². The minimum absolute atomic E-state index is 0.227. The first-order valence-electron chi connectivity index (χ1n) is 21.5. The minimum atomic E-state index is -0.967. The van der Waals surface area contributed by atoms with Crippen molar-refractivity contribution in [3.8, 4) is 45.4 Å². The minimum Gasteiger partial charge on any atom is -0.488 e. The highest BCUT2D eigenvalue weighted by molar-refractivity contribution is 7.94. The molecule has 8 aromatic rings. The van der Waals surface area contributed by atoms with Crippen LogP contribution in [0.3, 0.4) is 0 Å². The molecule has 0 unspecified atom stereocenters. The number of carboxylic acid groups (broad SMARTS) is 1. The van der Waals surface area contributed by atoms with Crippen LogP contribution in [-0.4, -0.2) is 47.0 Å². The number of carbonyl (C=O) groups excluding carboxylic acids is 1. The largest absolute Gasteiger partial charge is 0.488 e. The van der Waals surface area contributed by atoms with E-state index in [0.717, 1.165) is 96.0 Å². The van der Waals surface area contributed by atoms with Gasteiger partial charge in [-0.05, 0) is 129 Å². The highest BCUT2D eigenvalue weighted by Crippen LogP contribution is 2.39. The summed E-state index contributed by atoms with van der Waals surface area (Å²) >= 11 is 2.23. The summed E-state index contributed by atoms with van der Waals surface area (Å²) in [5, 5.41) is 9.45. The summed E-state index contributed by atoms with van der Waals surface area (Å²) in [6.45, 7) is 6.99. The third kappa shape index (κ3) is 12.5. The Balaban J connectivity index is 0.000000202. The number of hydrogen-bond donors (Lipinski definition) is 1. The SMILES string of the molecule is CCOC(=O)c1cccc(-n2c(C)ccc2-c2cc(SOOC)ccc2OCc2ccccc2)c1.COOSc1ccc(OCc2ccccc2)c(-c2ccc(C)n2-c2cccc(C(=O)O)c2)c1. The lowest BCUT2D eigenvalue weighted by atomic mass is 10.1. The number of carbonyl (C=O) groups is 2. The molecule has 8 rings (SSSR count). The van der Waals surface area contributed by atoms with Gasteiger partial charge in [-0.1, -0.05) is 72.8 Å². The lowest BCUT2D eigenvalue weighted by Crippen LogP contribution is -2.07. The highest BCUT2D eigenvalue weighted by Gasteiger charge is 2.19. The van der Waals surface area contributed by atoms with Crippen LogP contribution in [0.15, 0.2) is 180 Å². The molecule has 0 atom stereocenters. The number of ether oxygens (including phenoxy) is 3. The van der Waals surface area contributed by atoms with Gasteiger partial charge < -0.3 is 28.5 Å². The zero-order chi connectivity index (χ0) is 47.8. The molecule has 0 amide bonds. The van der Waals surface area contributed by atoms with Crippen LogP contribution in [0.5, 0.6) is 11.5 Å². The van der Waals surface area contributed by atoms with Gasteiger partial charge in [0, 0.05) is 43.7 Å². The number of hydrogen-bond acceptors (Lipinski definition) is 11. The van der Waals surface area contributed by atoms with Gasteiger partial charge in [0.1, 0.15) is 24.7 Å². The number of aryl methyl sites for hydroxylation is 2. The molecule has 14 heteroatoms. The van der Waals surface area contributed by atoms with Crippen molar-refractivity contribution in [1.29, 1.82) is 0 Å². The van der Waals surface area contributed by atoms with Crippen LogP contribution in [0, 0.1) is 13.8 Å². The lowest BCUT2D eigenvalue weighted by Gasteiger charge is -2.17. The van der Waals surface area contributed by atoms with Gasteiger partial charge >= 0.3 is 11.9 Å². The lowest BCUT2D eigenvalue weighted by molar-refractivity contribution is -0.160. The Morgan fingerprint density at radius 1 is 0.529 bits per heavy atom. The number of aromatic nitrogens is 2. The van der Waals surface area contributed by atoms with Crippen LogP contribution in [0.4, 0.5) is 0 Å². The van der Waals surface area contributed by atoms with E-state index < -0.39 is 5.97 Å². The molecule has 0 saturated carbocycles. The summed E-state index contributed by atoms with van der Waals surface area (Å²) in [6.07, 6.45) is 0. The van der Waals surface area contributed by atoms with Gasteiger partial charge in [-0.25, -0.2) is 19.4 Å². The van der Waals surface area contributed by atoms with Gasteiger partial charge in [0.15, 0.2) is 0 Å². The maximum Gasteiger partial charge on any atom is 0.338 e. The molecular formula is C54H50N2O10S2. The molecule has 0 fully saturated rings. The first-order chi connectivity index (χ1) is 33.2. The van der Waals surface area contributed by atoms with Gasteiger partial charge in [-0.3, -0.25) is 0 Å². The molecule has 348 valence electrons. The van der Waals surface area contributed by atoms with E-state index in [1.54, 1.807) is 31.2 Å². The second kappa shape index (κ2) is 24.1.